The number of carbonyl (C=O) groups is 1. The molecule has 5 rings (SSSR count). The van der Waals surface area contributed by atoms with Crippen molar-refractivity contribution in [3.05, 3.63) is 107 Å². The van der Waals surface area contributed by atoms with Crippen molar-refractivity contribution in [2.45, 2.75) is 32.7 Å². The lowest BCUT2D eigenvalue weighted by Gasteiger charge is -2.09. The van der Waals surface area contributed by atoms with Crippen molar-refractivity contribution < 1.29 is 18.3 Å². The molecule has 198 valence electrons. The van der Waals surface area contributed by atoms with Gasteiger partial charge in [-0.3, -0.25) is 14.8 Å². The summed E-state index contributed by atoms with van der Waals surface area (Å²) in [5, 5.41) is 3.37. The van der Waals surface area contributed by atoms with Crippen molar-refractivity contribution in [1.82, 2.24) is 15.3 Å². The first-order valence-corrected chi connectivity index (χ1v) is 13.6. The number of halogens is 2. The highest BCUT2D eigenvalue weighted by Crippen LogP contribution is 2.39. The van der Waals surface area contributed by atoms with Crippen molar-refractivity contribution in [2.24, 2.45) is 0 Å². The van der Waals surface area contributed by atoms with E-state index >= 15 is 0 Å². The molecule has 5 nitrogen and oxygen atoms in total. The number of benzene rings is 2. The predicted octanol–water partition coefficient (Wildman–Crippen LogP) is 7.28. The maximum absolute atomic E-state index is 15.0. The largest absolute Gasteiger partial charge is 0.453 e. The number of ether oxygens (including phenoxy) is 1. The molecule has 0 aliphatic rings. The Bertz CT molecular complexity index is 1600. The topological polar surface area (TPSA) is 64.1 Å². The predicted molar refractivity (Wildman–Crippen MR) is 150 cm³/mol. The van der Waals surface area contributed by atoms with Crippen LogP contribution in [0.4, 0.5) is 8.78 Å². The number of fused-ring (bicyclic) bond motifs is 1. The van der Waals surface area contributed by atoms with E-state index in [4.69, 9.17) is 4.74 Å². The van der Waals surface area contributed by atoms with Crippen LogP contribution in [0.5, 0.6) is 11.5 Å². The molecule has 3 aromatic heterocycles. The Morgan fingerprint density at radius 1 is 0.923 bits per heavy atom. The van der Waals surface area contributed by atoms with E-state index in [2.05, 4.69) is 28.3 Å². The third kappa shape index (κ3) is 6.53. The zero-order valence-electron chi connectivity index (χ0n) is 21.4. The molecule has 0 bridgehead atoms. The van der Waals surface area contributed by atoms with E-state index in [1.54, 1.807) is 36.5 Å². The van der Waals surface area contributed by atoms with Crippen LogP contribution in [0.15, 0.2) is 79.1 Å². The Labute approximate surface area is 229 Å². The van der Waals surface area contributed by atoms with Crippen LogP contribution in [0.3, 0.4) is 0 Å². The first-order valence-electron chi connectivity index (χ1n) is 12.8. The molecule has 0 fully saturated rings. The molecule has 0 aliphatic carbocycles. The van der Waals surface area contributed by atoms with Gasteiger partial charge in [0, 0.05) is 37.8 Å². The molecule has 39 heavy (non-hydrogen) atoms. The Hall–Kier alpha value is -4.01. The summed E-state index contributed by atoms with van der Waals surface area (Å²) < 4.78 is 35.6. The van der Waals surface area contributed by atoms with Crippen LogP contribution in [0.1, 0.15) is 30.0 Å². The molecule has 0 unspecified atom stereocenters. The zero-order chi connectivity index (χ0) is 27.2. The summed E-state index contributed by atoms with van der Waals surface area (Å²) >= 11 is 1.48. The van der Waals surface area contributed by atoms with E-state index in [0.29, 0.717) is 16.9 Å². The van der Waals surface area contributed by atoms with Crippen LogP contribution in [-0.2, 0) is 24.2 Å². The fraction of sp³-hybridized carbons (Fsp3) is 0.194. The quantitative estimate of drug-likeness (QED) is 0.177. The Kier molecular flexibility index (Phi) is 8.34. The van der Waals surface area contributed by atoms with Crippen molar-refractivity contribution in [3.63, 3.8) is 0 Å². The van der Waals surface area contributed by atoms with Gasteiger partial charge in [-0.1, -0.05) is 37.3 Å². The van der Waals surface area contributed by atoms with Gasteiger partial charge in [-0.25, -0.2) is 8.78 Å². The van der Waals surface area contributed by atoms with Crippen LogP contribution in [0, 0.1) is 11.6 Å². The smallest absolute Gasteiger partial charge is 0.166 e. The number of hydrogen-bond acceptors (Lipinski definition) is 6. The number of Topliss-reactive ketones (excluding diaryl/α,β-unsaturated/α-hetero) is 1. The van der Waals surface area contributed by atoms with E-state index in [9.17, 15) is 13.6 Å². The maximum Gasteiger partial charge on any atom is 0.166 e. The van der Waals surface area contributed by atoms with Gasteiger partial charge < -0.3 is 10.1 Å². The van der Waals surface area contributed by atoms with E-state index in [1.165, 1.54) is 29.5 Å². The Morgan fingerprint density at radius 3 is 2.54 bits per heavy atom. The molecule has 0 atom stereocenters. The third-order valence-electron chi connectivity index (χ3n) is 6.17. The highest BCUT2D eigenvalue weighted by atomic mass is 32.1. The molecule has 0 spiro atoms. The number of nitrogens with one attached hydrogen (secondary N) is 1. The van der Waals surface area contributed by atoms with Crippen LogP contribution in [0.25, 0.3) is 20.8 Å². The first kappa shape index (κ1) is 26.6. The molecule has 0 aliphatic heterocycles. The van der Waals surface area contributed by atoms with Gasteiger partial charge >= 0.3 is 0 Å². The molecule has 8 heteroatoms. The minimum Gasteiger partial charge on any atom is -0.453 e. The summed E-state index contributed by atoms with van der Waals surface area (Å²) in [5.41, 5.74) is 3.51. The number of ketones is 1. The Balaban J connectivity index is 1.29. The fourth-order valence-corrected chi connectivity index (χ4v) is 5.25. The lowest BCUT2D eigenvalue weighted by molar-refractivity contribution is -0.117. The van der Waals surface area contributed by atoms with Gasteiger partial charge in [-0.05, 0) is 60.0 Å². The zero-order valence-corrected chi connectivity index (χ0v) is 22.2. The standard InChI is InChI=1S/C31H27F2N3O2S/c1-2-12-34-18-21-7-9-26(36-19-21)30-17-27-31(39-30)29(11-13-35-27)38-28-10-8-20(15-25(28)33)14-23(37)16-22-5-3-4-6-24(22)32/h3-11,13,15,17,19,34H,2,12,14,16,18H2,1H3. The summed E-state index contributed by atoms with van der Waals surface area (Å²) in [7, 11) is 0. The summed E-state index contributed by atoms with van der Waals surface area (Å²) in [6.07, 6.45) is 4.52. The normalized spacial score (nSPS) is 11.2. The van der Waals surface area contributed by atoms with Crippen molar-refractivity contribution in [3.8, 4) is 22.1 Å². The second-order valence-corrected chi connectivity index (χ2v) is 10.3. The van der Waals surface area contributed by atoms with E-state index < -0.39 is 11.6 Å². The van der Waals surface area contributed by atoms with Crippen LogP contribution < -0.4 is 10.1 Å². The lowest BCUT2D eigenvalue weighted by Crippen LogP contribution is -2.13. The number of thiophene rings is 1. The van der Waals surface area contributed by atoms with Gasteiger partial charge in [0.1, 0.15) is 17.3 Å². The monoisotopic (exact) mass is 543 g/mol. The molecular weight excluding hydrogens is 516 g/mol. The number of nitrogens with zero attached hydrogens (tertiary/aromatic N) is 2. The number of hydrogen-bond donors (Lipinski definition) is 1. The highest BCUT2D eigenvalue weighted by Gasteiger charge is 2.15. The van der Waals surface area contributed by atoms with E-state index in [1.807, 2.05) is 18.3 Å². The average molecular weight is 544 g/mol. The second-order valence-electron chi connectivity index (χ2n) is 9.21. The number of aromatic nitrogens is 2. The van der Waals surface area contributed by atoms with Crippen LogP contribution in [0.2, 0.25) is 0 Å². The van der Waals surface area contributed by atoms with Crippen molar-refractivity contribution in [1.29, 1.82) is 0 Å². The van der Waals surface area contributed by atoms with Gasteiger partial charge in [-0.15, -0.1) is 11.3 Å². The van der Waals surface area contributed by atoms with Crippen molar-refractivity contribution in [2.75, 3.05) is 6.54 Å². The van der Waals surface area contributed by atoms with E-state index in [0.717, 1.165) is 45.9 Å². The van der Waals surface area contributed by atoms with Gasteiger partial charge in [0.25, 0.3) is 0 Å². The summed E-state index contributed by atoms with van der Waals surface area (Å²) in [6.45, 7) is 3.87. The van der Waals surface area contributed by atoms with Gasteiger partial charge in [0.05, 0.1) is 20.8 Å². The van der Waals surface area contributed by atoms with Gasteiger partial charge in [-0.2, -0.15) is 0 Å². The number of carbonyl (C=O) groups excluding carboxylic acids is 1. The van der Waals surface area contributed by atoms with Crippen LogP contribution >= 0.6 is 11.3 Å². The molecule has 0 saturated carbocycles. The number of pyridine rings is 2. The van der Waals surface area contributed by atoms with Gasteiger partial charge in [0.15, 0.2) is 11.6 Å². The first-order chi connectivity index (χ1) is 19.0. The molecule has 0 radical (unpaired) electrons. The molecule has 3 heterocycles. The van der Waals surface area contributed by atoms with Crippen LogP contribution in [-0.4, -0.2) is 22.3 Å². The molecule has 5 aromatic rings. The lowest BCUT2D eigenvalue weighted by atomic mass is 10.0. The minimum absolute atomic E-state index is 0.000221. The molecule has 0 saturated heterocycles. The summed E-state index contributed by atoms with van der Waals surface area (Å²) in [6, 6.07) is 18.3. The van der Waals surface area contributed by atoms with Crippen molar-refractivity contribution >= 4 is 27.3 Å². The highest BCUT2D eigenvalue weighted by molar-refractivity contribution is 7.22. The number of rotatable bonds is 11. The van der Waals surface area contributed by atoms with Gasteiger partial charge in [0.2, 0.25) is 0 Å². The Morgan fingerprint density at radius 2 is 1.77 bits per heavy atom. The molecular formula is C31H27F2N3O2S. The fourth-order valence-electron chi connectivity index (χ4n) is 4.21. The van der Waals surface area contributed by atoms with E-state index in [-0.39, 0.29) is 24.4 Å². The minimum atomic E-state index is -0.582. The third-order valence-corrected chi connectivity index (χ3v) is 7.33. The maximum atomic E-state index is 15.0. The molecule has 1 N–H and O–H groups in total. The molecule has 2 aromatic carbocycles. The second kappa shape index (κ2) is 12.2. The summed E-state index contributed by atoms with van der Waals surface area (Å²) in [5.74, 6) is -0.673. The summed E-state index contributed by atoms with van der Waals surface area (Å²) in [4.78, 5) is 22.4. The molecule has 0 amide bonds. The average Bonchev–Trinajstić information content (AvgIpc) is 3.37. The SMILES string of the molecule is CCCNCc1ccc(-c2cc3nccc(Oc4ccc(CC(=O)Cc5ccccc5F)cc4F)c3s2)nc1.